The molecule has 2 heterocycles. The molecule has 12 heteroatoms. The Labute approximate surface area is 229 Å². The van der Waals surface area contributed by atoms with E-state index in [-0.39, 0.29) is 28.4 Å². The molecule has 40 heavy (non-hydrogen) atoms. The van der Waals surface area contributed by atoms with Gasteiger partial charge in [-0.1, -0.05) is 68.4 Å². The Morgan fingerprint density at radius 1 is 1.02 bits per heavy atom. The van der Waals surface area contributed by atoms with E-state index in [1.807, 2.05) is 56.3 Å². The third-order valence-electron chi connectivity index (χ3n) is 6.63. The number of fused-ring (bicyclic) bond motifs is 2. The van der Waals surface area contributed by atoms with Crippen molar-refractivity contribution in [2.45, 2.75) is 31.8 Å². The van der Waals surface area contributed by atoms with Gasteiger partial charge in [0.05, 0.1) is 17.1 Å². The van der Waals surface area contributed by atoms with Crippen LogP contribution < -0.4 is 21.7 Å². The van der Waals surface area contributed by atoms with Gasteiger partial charge in [-0.25, -0.2) is 22.7 Å². The van der Waals surface area contributed by atoms with Gasteiger partial charge >= 0.3 is 11.7 Å². The number of nitrogens with two attached hydrogens (primary N) is 1. The predicted molar refractivity (Wildman–Crippen MR) is 152 cm³/mol. The van der Waals surface area contributed by atoms with Crippen LogP contribution in [-0.4, -0.2) is 33.4 Å². The van der Waals surface area contributed by atoms with Gasteiger partial charge in [0, 0.05) is 19.2 Å². The van der Waals surface area contributed by atoms with Crippen molar-refractivity contribution < 1.29 is 13.2 Å². The molecule has 0 saturated carbocycles. The molecule has 0 aliphatic carbocycles. The Kier molecular flexibility index (Phi) is 6.80. The Balaban J connectivity index is 1.84. The smallest absolute Gasteiger partial charge is 0.332 e. The van der Waals surface area contributed by atoms with Gasteiger partial charge in [-0.15, -0.1) is 0 Å². The molecule has 2 amide bonds. The van der Waals surface area contributed by atoms with Gasteiger partial charge in [0.15, 0.2) is 5.65 Å². The number of hydrogen-bond acceptors (Lipinski definition) is 6. The molecule has 5 aromatic rings. The van der Waals surface area contributed by atoms with Crippen molar-refractivity contribution in [1.29, 1.82) is 0 Å². The zero-order valence-corrected chi connectivity index (χ0v) is 23.0. The summed E-state index contributed by atoms with van der Waals surface area (Å²) < 4.78 is 31.4. The van der Waals surface area contributed by atoms with Gasteiger partial charge in [-0.3, -0.25) is 18.6 Å². The normalized spacial score (nSPS) is 11.9. The number of aromatic nitrogens is 4. The number of rotatable bonds is 7. The van der Waals surface area contributed by atoms with Crippen LogP contribution in [0.15, 0.2) is 81.2 Å². The first-order valence-electron chi connectivity index (χ1n) is 12.6. The van der Waals surface area contributed by atoms with Gasteiger partial charge in [-0.2, -0.15) is 5.10 Å². The summed E-state index contributed by atoms with van der Waals surface area (Å²) >= 11 is 0. The number of nitrogens with zero attached hydrogens (tertiary/aromatic N) is 4. The van der Waals surface area contributed by atoms with Gasteiger partial charge in [0.25, 0.3) is 15.6 Å². The fourth-order valence-electron chi connectivity index (χ4n) is 4.89. The third-order valence-corrected chi connectivity index (χ3v) is 7.97. The zero-order valence-electron chi connectivity index (χ0n) is 22.2. The minimum atomic E-state index is -4.27. The number of nitrogens with one attached hydrogen (secondary N) is 1. The van der Waals surface area contributed by atoms with E-state index in [1.54, 1.807) is 15.5 Å². The fraction of sp³-hybridized carbons (Fsp3) is 0.214. The van der Waals surface area contributed by atoms with Crippen molar-refractivity contribution in [2.75, 3.05) is 0 Å². The molecule has 0 fully saturated rings. The fourth-order valence-corrected chi connectivity index (χ4v) is 5.82. The Morgan fingerprint density at radius 3 is 2.45 bits per heavy atom. The van der Waals surface area contributed by atoms with E-state index in [2.05, 4.69) is 0 Å². The Hall–Kier alpha value is -4.71. The largest absolute Gasteiger partial charge is 0.351 e. The van der Waals surface area contributed by atoms with E-state index in [1.165, 1.54) is 29.8 Å². The highest BCUT2D eigenvalue weighted by Gasteiger charge is 2.25. The molecule has 3 N–H and O–H groups in total. The monoisotopic (exact) mass is 560 g/mol. The molecule has 11 nitrogen and oxygen atoms in total. The highest BCUT2D eigenvalue weighted by atomic mass is 32.2. The van der Waals surface area contributed by atoms with E-state index < -0.39 is 27.3 Å². The second kappa shape index (κ2) is 10.1. The summed E-state index contributed by atoms with van der Waals surface area (Å²) in [5.74, 6) is 0.0819. The van der Waals surface area contributed by atoms with Gasteiger partial charge in [0.2, 0.25) is 0 Å². The summed E-state index contributed by atoms with van der Waals surface area (Å²) in [4.78, 5) is 37.9. The summed E-state index contributed by atoms with van der Waals surface area (Å²) in [7, 11) is -2.86. The van der Waals surface area contributed by atoms with Crippen LogP contribution in [0.4, 0.5) is 4.79 Å². The van der Waals surface area contributed by atoms with Crippen molar-refractivity contribution in [2.24, 2.45) is 18.7 Å². The minimum absolute atomic E-state index is 0.0819. The maximum Gasteiger partial charge on any atom is 0.332 e. The standard InChI is InChI=1S/C28H28N6O5S/c1-17(2)15-33-25-23(26(35)32(3)28(33)37)24(19-10-7-12-21(14-19)40(38,39)31-27(29)36)34(30-25)16-20-11-6-9-18-8-4-5-13-22(18)20/h4-14,17H,15-16H2,1-3H3,(H3,29,31,36). The summed E-state index contributed by atoms with van der Waals surface area (Å²) in [6.45, 7) is 4.47. The van der Waals surface area contributed by atoms with Gasteiger partial charge in [0.1, 0.15) is 5.39 Å². The topological polar surface area (TPSA) is 151 Å². The van der Waals surface area contributed by atoms with Crippen molar-refractivity contribution >= 4 is 37.9 Å². The quantitative estimate of drug-likeness (QED) is 0.312. The molecule has 3 aromatic carbocycles. The summed E-state index contributed by atoms with van der Waals surface area (Å²) in [6.07, 6.45) is 0. The predicted octanol–water partition coefficient (Wildman–Crippen LogP) is 2.78. The summed E-state index contributed by atoms with van der Waals surface area (Å²) in [6, 6.07) is 18.3. The molecular weight excluding hydrogens is 532 g/mol. The second-order valence-corrected chi connectivity index (χ2v) is 11.7. The molecule has 0 atom stereocenters. The van der Waals surface area contributed by atoms with Gasteiger partial charge < -0.3 is 5.73 Å². The lowest BCUT2D eigenvalue weighted by atomic mass is 10.0. The van der Waals surface area contributed by atoms with Crippen LogP contribution in [0, 0.1) is 5.92 Å². The van der Waals surface area contributed by atoms with Crippen LogP contribution in [0.25, 0.3) is 33.1 Å². The average molecular weight is 561 g/mol. The first kappa shape index (κ1) is 26.9. The minimum Gasteiger partial charge on any atom is -0.351 e. The molecule has 0 saturated heterocycles. The molecule has 5 rings (SSSR count). The molecule has 2 aromatic heterocycles. The zero-order chi connectivity index (χ0) is 28.8. The number of amides is 2. The number of hydrogen-bond donors (Lipinski definition) is 2. The lowest BCUT2D eigenvalue weighted by Crippen LogP contribution is -2.38. The van der Waals surface area contributed by atoms with E-state index in [4.69, 9.17) is 10.8 Å². The van der Waals surface area contributed by atoms with E-state index in [9.17, 15) is 22.8 Å². The maximum absolute atomic E-state index is 13.6. The SMILES string of the molecule is CC(C)Cn1c(=O)n(C)c(=O)c2c(-c3cccc(S(=O)(=O)NC(N)=O)c3)n(Cc3cccc4ccccc34)nc21. The van der Waals surface area contributed by atoms with E-state index in [0.29, 0.717) is 17.8 Å². The third kappa shape index (κ3) is 4.77. The molecular formula is C28H28N6O5S. The van der Waals surface area contributed by atoms with Crippen LogP contribution in [0.1, 0.15) is 19.4 Å². The first-order chi connectivity index (χ1) is 19.0. The van der Waals surface area contributed by atoms with Crippen LogP contribution >= 0.6 is 0 Å². The Morgan fingerprint density at radius 2 is 1.73 bits per heavy atom. The highest BCUT2D eigenvalue weighted by molar-refractivity contribution is 7.90. The Bertz CT molecular complexity index is 2020. The first-order valence-corrected chi connectivity index (χ1v) is 14.1. The number of carbonyl (C=O) groups excluding carboxylic acids is 1. The molecule has 0 bridgehead atoms. The van der Waals surface area contributed by atoms with Crippen LogP contribution in [0.5, 0.6) is 0 Å². The van der Waals surface area contributed by atoms with Crippen LogP contribution in [-0.2, 0) is 30.2 Å². The number of sulfonamides is 1. The highest BCUT2D eigenvalue weighted by Crippen LogP contribution is 2.30. The number of urea groups is 1. The van der Waals surface area contributed by atoms with Crippen molar-refractivity contribution in [3.05, 3.63) is 93.1 Å². The molecule has 0 radical (unpaired) electrons. The van der Waals surface area contributed by atoms with E-state index >= 15 is 0 Å². The summed E-state index contributed by atoms with van der Waals surface area (Å²) in [5, 5.41) is 6.97. The lowest BCUT2D eigenvalue weighted by molar-refractivity contribution is 0.253. The second-order valence-electron chi connectivity index (χ2n) is 9.99. The average Bonchev–Trinajstić information content (AvgIpc) is 3.28. The molecule has 0 spiro atoms. The number of carbonyl (C=O) groups is 1. The maximum atomic E-state index is 13.6. The molecule has 206 valence electrons. The van der Waals surface area contributed by atoms with Crippen molar-refractivity contribution in [1.82, 2.24) is 23.6 Å². The van der Waals surface area contributed by atoms with Crippen molar-refractivity contribution in [3.8, 4) is 11.3 Å². The number of primary amides is 1. The van der Waals surface area contributed by atoms with Gasteiger partial charge in [-0.05, 0) is 34.4 Å². The van der Waals surface area contributed by atoms with Crippen molar-refractivity contribution in [3.63, 3.8) is 0 Å². The molecule has 0 aliphatic rings. The number of benzene rings is 3. The summed E-state index contributed by atoms with van der Waals surface area (Å²) in [5.41, 5.74) is 5.86. The molecule has 0 unspecified atom stereocenters. The van der Waals surface area contributed by atoms with Crippen LogP contribution in [0.3, 0.4) is 0 Å². The van der Waals surface area contributed by atoms with Crippen LogP contribution in [0.2, 0.25) is 0 Å². The lowest BCUT2D eigenvalue weighted by Gasteiger charge is -2.12. The van der Waals surface area contributed by atoms with E-state index in [0.717, 1.165) is 20.9 Å². The molecule has 0 aliphatic heterocycles.